The number of carbonyl (C=O) groups is 1. The molecule has 1 aliphatic heterocycles. The zero-order chi connectivity index (χ0) is 27.2. The minimum absolute atomic E-state index is 0.0501. The second-order valence-electron chi connectivity index (χ2n) is 15.3. The summed E-state index contributed by atoms with van der Waals surface area (Å²) in [5.41, 5.74) is 2.09. The molecule has 1 heterocycles. The average molecular weight is 517 g/mol. The summed E-state index contributed by atoms with van der Waals surface area (Å²) in [6, 6.07) is 0. The zero-order valence-corrected chi connectivity index (χ0v) is 24.7. The van der Waals surface area contributed by atoms with Crippen molar-refractivity contribution in [3.63, 3.8) is 0 Å². The molecule has 0 spiro atoms. The minimum atomic E-state index is -0.796. The van der Waals surface area contributed by atoms with Crippen LogP contribution in [0.3, 0.4) is 0 Å². The molecule has 4 aliphatic carbocycles. The normalized spacial score (nSPS) is 47.6. The van der Waals surface area contributed by atoms with Crippen molar-refractivity contribution >= 4 is 5.97 Å². The molecule has 0 bridgehead atoms. The van der Waals surface area contributed by atoms with Crippen LogP contribution in [0, 0.1) is 39.4 Å². The van der Waals surface area contributed by atoms with Crippen LogP contribution in [0.25, 0.3) is 0 Å². The number of rotatable bonds is 3. The number of allylic oxidation sites excluding steroid dienone is 1. The van der Waals surface area contributed by atoms with Crippen LogP contribution in [-0.4, -0.2) is 46.7 Å². The summed E-state index contributed by atoms with van der Waals surface area (Å²) in [6.07, 6.45) is 8.64. The second-order valence-corrected chi connectivity index (χ2v) is 15.3. The van der Waals surface area contributed by atoms with Gasteiger partial charge in [0.25, 0.3) is 0 Å². The summed E-state index contributed by atoms with van der Waals surface area (Å²) in [5, 5.41) is 22.4. The minimum Gasteiger partial charge on any atom is -0.462 e. The summed E-state index contributed by atoms with van der Waals surface area (Å²) >= 11 is 0. The number of hydrogen-bond acceptors (Lipinski definition) is 5. The Hall–Kier alpha value is -0.910. The van der Waals surface area contributed by atoms with E-state index in [0.29, 0.717) is 17.8 Å². The first-order valence-electron chi connectivity index (χ1n) is 15.0. The van der Waals surface area contributed by atoms with Crippen molar-refractivity contribution in [2.24, 2.45) is 39.4 Å². The lowest BCUT2D eigenvalue weighted by molar-refractivity contribution is -0.169. The molecular formula is C32H52O5. The number of ether oxygens (including phenoxy) is 2. The Morgan fingerprint density at radius 1 is 1.03 bits per heavy atom. The molecule has 0 unspecified atom stereocenters. The van der Waals surface area contributed by atoms with Crippen molar-refractivity contribution in [1.82, 2.24) is 0 Å². The van der Waals surface area contributed by atoms with E-state index in [1.807, 2.05) is 13.8 Å². The molecule has 0 amide bonds. The molecule has 5 heteroatoms. The Morgan fingerprint density at radius 2 is 1.73 bits per heavy atom. The van der Waals surface area contributed by atoms with Crippen LogP contribution in [0.2, 0.25) is 0 Å². The smallest absolute Gasteiger partial charge is 0.302 e. The maximum atomic E-state index is 12.0. The summed E-state index contributed by atoms with van der Waals surface area (Å²) in [5.74, 6) is 1.23. The summed E-state index contributed by atoms with van der Waals surface area (Å²) in [7, 11) is 0. The van der Waals surface area contributed by atoms with Gasteiger partial charge in [0.15, 0.2) is 0 Å². The van der Waals surface area contributed by atoms with Crippen LogP contribution in [0.4, 0.5) is 0 Å². The summed E-state index contributed by atoms with van der Waals surface area (Å²) in [6.45, 7) is 17.9. The molecular weight excluding hydrogens is 464 g/mol. The van der Waals surface area contributed by atoms with Gasteiger partial charge in [-0.2, -0.15) is 0 Å². The Morgan fingerprint density at radius 3 is 2.32 bits per heavy atom. The van der Waals surface area contributed by atoms with E-state index < -0.39 is 11.7 Å². The van der Waals surface area contributed by atoms with E-state index in [0.717, 1.165) is 51.6 Å². The lowest BCUT2D eigenvalue weighted by atomic mass is 9.42. The number of esters is 1. The largest absolute Gasteiger partial charge is 0.462 e. The topological polar surface area (TPSA) is 76.0 Å². The molecule has 5 nitrogen and oxygen atoms in total. The van der Waals surface area contributed by atoms with Crippen LogP contribution in [0.15, 0.2) is 11.1 Å². The van der Waals surface area contributed by atoms with Crippen molar-refractivity contribution in [1.29, 1.82) is 0 Å². The molecule has 2 saturated carbocycles. The van der Waals surface area contributed by atoms with Crippen LogP contribution < -0.4 is 0 Å². The Balaban J connectivity index is 1.45. The Bertz CT molecular complexity index is 953. The molecule has 2 N–H and O–H groups in total. The van der Waals surface area contributed by atoms with E-state index in [1.165, 1.54) is 25.3 Å². The Labute approximate surface area is 224 Å². The highest BCUT2D eigenvalue weighted by atomic mass is 16.5. The van der Waals surface area contributed by atoms with Crippen molar-refractivity contribution in [2.45, 2.75) is 137 Å². The highest BCUT2D eigenvalue weighted by Crippen LogP contribution is 2.72. The van der Waals surface area contributed by atoms with E-state index in [2.05, 4.69) is 34.6 Å². The molecule has 37 heavy (non-hydrogen) atoms. The maximum absolute atomic E-state index is 12.0. The molecule has 0 aromatic rings. The van der Waals surface area contributed by atoms with Crippen LogP contribution in [-0.2, 0) is 14.3 Å². The van der Waals surface area contributed by atoms with E-state index in [-0.39, 0.29) is 39.8 Å². The van der Waals surface area contributed by atoms with E-state index >= 15 is 0 Å². The van der Waals surface area contributed by atoms with Crippen molar-refractivity contribution in [3.8, 4) is 0 Å². The van der Waals surface area contributed by atoms with Gasteiger partial charge < -0.3 is 19.7 Å². The molecule has 210 valence electrons. The van der Waals surface area contributed by atoms with E-state index in [4.69, 9.17) is 9.47 Å². The SMILES string of the molecule is CC(=O)O[C@H]1CC[C@]2(C)C3=C(CC[C@H]2C1(C)C)[C@]1(C)CC[C@H]([C@H]2CC[C@H](C(C)(C)O)OC2)[C@@]1(C)C[C@H]3O. The molecule has 1 saturated heterocycles. The predicted octanol–water partition coefficient (Wildman–Crippen LogP) is 6.20. The van der Waals surface area contributed by atoms with Gasteiger partial charge in [-0.1, -0.05) is 40.2 Å². The van der Waals surface area contributed by atoms with Gasteiger partial charge in [0.05, 0.1) is 24.4 Å². The van der Waals surface area contributed by atoms with Gasteiger partial charge in [-0.15, -0.1) is 0 Å². The first-order valence-corrected chi connectivity index (χ1v) is 15.0. The Kier molecular flexibility index (Phi) is 6.57. The number of fused-ring (bicyclic) bond motifs is 4. The monoisotopic (exact) mass is 516 g/mol. The van der Waals surface area contributed by atoms with Gasteiger partial charge in [-0.25, -0.2) is 0 Å². The number of hydrogen-bond donors (Lipinski definition) is 2. The molecule has 3 fully saturated rings. The molecule has 0 radical (unpaired) electrons. The van der Waals surface area contributed by atoms with Gasteiger partial charge in [-0.05, 0) is 111 Å². The maximum Gasteiger partial charge on any atom is 0.302 e. The summed E-state index contributed by atoms with van der Waals surface area (Å²) < 4.78 is 12.1. The third-order valence-electron chi connectivity index (χ3n) is 12.7. The van der Waals surface area contributed by atoms with Gasteiger partial charge >= 0.3 is 5.97 Å². The summed E-state index contributed by atoms with van der Waals surface area (Å²) in [4.78, 5) is 11.9. The third-order valence-corrected chi connectivity index (χ3v) is 12.7. The predicted molar refractivity (Wildman–Crippen MR) is 145 cm³/mol. The van der Waals surface area contributed by atoms with E-state index in [1.54, 1.807) is 5.57 Å². The van der Waals surface area contributed by atoms with Gasteiger partial charge in [0.2, 0.25) is 0 Å². The third kappa shape index (κ3) is 3.99. The van der Waals surface area contributed by atoms with Gasteiger partial charge in [0.1, 0.15) is 6.10 Å². The molecule has 0 aromatic heterocycles. The van der Waals surface area contributed by atoms with Crippen LogP contribution in [0.5, 0.6) is 0 Å². The molecule has 5 aliphatic rings. The first kappa shape index (κ1) is 27.6. The molecule has 9 atom stereocenters. The van der Waals surface area contributed by atoms with Gasteiger partial charge in [-0.3, -0.25) is 4.79 Å². The fourth-order valence-electron chi connectivity index (χ4n) is 10.6. The van der Waals surface area contributed by atoms with Crippen LogP contribution >= 0.6 is 0 Å². The van der Waals surface area contributed by atoms with Crippen molar-refractivity contribution in [3.05, 3.63) is 11.1 Å². The molecule has 0 aromatic carbocycles. The molecule has 5 rings (SSSR count). The lowest BCUT2D eigenvalue weighted by Crippen LogP contribution is -2.58. The van der Waals surface area contributed by atoms with Crippen molar-refractivity contribution < 1.29 is 24.5 Å². The highest BCUT2D eigenvalue weighted by molar-refractivity contribution is 5.66. The first-order chi connectivity index (χ1) is 17.1. The quantitative estimate of drug-likeness (QED) is 0.345. The number of aliphatic hydroxyl groups is 2. The van der Waals surface area contributed by atoms with E-state index in [9.17, 15) is 15.0 Å². The van der Waals surface area contributed by atoms with Crippen molar-refractivity contribution in [2.75, 3.05) is 6.61 Å². The number of carbonyl (C=O) groups excluding carboxylic acids is 1. The second kappa shape index (κ2) is 8.80. The highest BCUT2D eigenvalue weighted by Gasteiger charge is 2.66. The lowest BCUT2D eigenvalue weighted by Gasteiger charge is -2.63. The standard InChI is InChI=1S/C32H52O5/c1-19(33)37-25-14-15-30(6)24(28(25,2)3)11-10-22-27(30)23(34)17-32(8)21(13-16-31(22,32)7)20-9-12-26(36-18-20)29(4,5)35/h20-21,23-26,34-35H,9-18H2,1-8H3/t20-,21+,23+,24-,25-,26+,30-,31-,32+/m0/s1. The zero-order valence-electron chi connectivity index (χ0n) is 24.7. The number of aliphatic hydroxyl groups excluding tert-OH is 1. The van der Waals surface area contributed by atoms with Gasteiger partial charge in [0, 0.05) is 12.3 Å². The fourth-order valence-corrected chi connectivity index (χ4v) is 10.6. The van der Waals surface area contributed by atoms with Crippen LogP contribution in [0.1, 0.15) is 113 Å². The average Bonchev–Trinajstić information content (AvgIpc) is 3.06. The fraction of sp³-hybridized carbons (Fsp3) is 0.906.